The van der Waals surface area contributed by atoms with Crippen molar-refractivity contribution in [1.29, 1.82) is 0 Å². The number of rotatable bonds is 6. The molecule has 0 radical (unpaired) electrons. The molecule has 1 aromatic heterocycles. The van der Waals surface area contributed by atoms with Crippen LogP contribution < -0.4 is 10.1 Å². The normalized spacial score (nSPS) is 12.7. The third-order valence-corrected chi connectivity index (χ3v) is 3.24. The van der Waals surface area contributed by atoms with Crippen LogP contribution in [0, 0.1) is 0 Å². The molecular formula is C14H14BrF2NO2. The average Bonchev–Trinajstić information content (AvgIpc) is 2.82. The Morgan fingerprint density at radius 2 is 1.90 bits per heavy atom. The highest BCUT2D eigenvalue weighted by molar-refractivity contribution is 9.10. The summed E-state index contributed by atoms with van der Waals surface area (Å²) in [6, 6.07) is 10.4. The summed E-state index contributed by atoms with van der Waals surface area (Å²) in [6.45, 7) is -0.225. The van der Waals surface area contributed by atoms with Gasteiger partial charge in [0.05, 0.1) is 6.54 Å². The van der Waals surface area contributed by atoms with Crippen molar-refractivity contribution in [2.45, 2.75) is 26.1 Å². The zero-order valence-corrected chi connectivity index (χ0v) is 12.4. The van der Waals surface area contributed by atoms with Gasteiger partial charge in [-0.25, -0.2) is 0 Å². The minimum absolute atomic E-state index is 0.0690. The van der Waals surface area contributed by atoms with Crippen molar-refractivity contribution in [3.8, 4) is 5.75 Å². The topological polar surface area (TPSA) is 34.4 Å². The maximum atomic E-state index is 12.0. The van der Waals surface area contributed by atoms with Gasteiger partial charge in [-0.1, -0.05) is 12.1 Å². The number of hydrogen-bond donors (Lipinski definition) is 1. The number of benzene rings is 1. The molecule has 1 atom stereocenters. The molecule has 3 nitrogen and oxygen atoms in total. The van der Waals surface area contributed by atoms with E-state index >= 15 is 0 Å². The van der Waals surface area contributed by atoms with Gasteiger partial charge in [0, 0.05) is 6.04 Å². The van der Waals surface area contributed by atoms with Gasteiger partial charge < -0.3 is 14.5 Å². The van der Waals surface area contributed by atoms with Crippen molar-refractivity contribution in [2.75, 3.05) is 0 Å². The first-order chi connectivity index (χ1) is 9.54. The van der Waals surface area contributed by atoms with E-state index in [1.807, 2.05) is 19.1 Å². The molecule has 0 saturated heterocycles. The van der Waals surface area contributed by atoms with Gasteiger partial charge in [0.2, 0.25) is 0 Å². The molecule has 0 saturated carbocycles. The Balaban J connectivity index is 1.90. The Kier molecular flexibility index (Phi) is 5.14. The van der Waals surface area contributed by atoms with Crippen LogP contribution in [0.4, 0.5) is 8.78 Å². The quantitative estimate of drug-likeness (QED) is 0.837. The Bertz CT molecular complexity index is 542. The van der Waals surface area contributed by atoms with Crippen molar-refractivity contribution < 1.29 is 17.9 Å². The number of nitrogens with one attached hydrogen (secondary N) is 1. The maximum absolute atomic E-state index is 12.0. The summed E-state index contributed by atoms with van der Waals surface area (Å²) in [6.07, 6.45) is 0. The lowest BCUT2D eigenvalue weighted by Gasteiger charge is -2.14. The van der Waals surface area contributed by atoms with Crippen LogP contribution in [-0.2, 0) is 6.54 Å². The van der Waals surface area contributed by atoms with E-state index in [2.05, 4.69) is 26.0 Å². The lowest BCUT2D eigenvalue weighted by molar-refractivity contribution is -0.0498. The highest BCUT2D eigenvalue weighted by Gasteiger charge is 2.08. The van der Waals surface area contributed by atoms with Crippen LogP contribution in [0.3, 0.4) is 0 Å². The zero-order valence-electron chi connectivity index (χ0n) is 10.8. The zero-order chi connectivity index (χ0) is 14.5. The first kappa shape index (κ1) is 15.0. The monoisotopic (exact) mass is 345 g/mol. The van der Waals surface area contributed by atoms with E-state index in [1.54, 1.807) is 12.1 Å². The average molecular weight is 346 g/mol. The molecule has 2 rings (SSSR count). The van der Waals surface area contributed by atoms with Crippen LogP contribution in [0.25, 0.3) is 0 Å². The molecule has 0 aliphatic rings. The largest absolute Gasteiger partial charge is 0.453 e. The van der Waals surface area contributed by atoms with Crippen LogP contribution in [0.5, 0.6) is 5.75 Å². The molecule has 0 aliphatic carbocycles. The van der Waals surface area contributed by atoms with E-state index in [-0.39, 0.29) is 11.8 Å². The Morgan fingerprint density at radius 1 is 1.20 bits per heavy atom. The van der Waals surface area contributed by atoms with E-state index in [0.29, 0.717) is 11.2 Å². The second kappa shape index (κ2) is 6.85. The molecule has 6 heteroatoms. The van der Waals surface area contributed by atoms with Gasteiger partial charge >= 0.3 is 6.61 Å². The predicted octanol–water partition coefficient (Wildman–Crippen LogP) is 4.49. The molecule has 20 heavy (non-hydrogen) atoms. The first-order valence-corrected chi connectivity index (χ1v) is 6.86. The minimum Gasteiger partial charge on any atom is -0.453 e. The fraction of sp³-hybridized carbons (Fsp3) is 0.286. The molecule has 1 N–H and O–H groups in total. The van der Waals surface area contributed by atoms with Crippen molar-refractivity contribution >= 4 is 15.9 Å². The molecule has 1 unspecified atom stereocenters. The van der Waals surface area contributed by atoms with Gasteiger partial charge in [-0.2, -0.15) is 8.78 Å². The predicted molar refractivity (Wildman–Crippen MR) is 74.7 cm³/mol. The minimum atomic E-state index is -2.80. The molecule has 0 aliphatic heterocycles. The van der Waals surface area contributed by atoms with Crippen molar-refractivity contribution in [3.63, 3.8) is 0 Å². The Hall–Kier alpha value is -1.40. The summed E-state index contributed by atoms with van der Waals surface area (Å²) in [7, 11) is 0. The first-order valence-electron chi connectivity index (χ1n) is 6.07. The van der Waals surface area contributed by atoms with E-state index in [9.17, 15) is 8.78 Å². The highest BCUT2D eigenvalue weighted by atomic mass is 79.9. The summed E-state index contributed by atoms with van der Waals surface area (Å²) in [5.74, 6) is 0.979. The smallest absolute Gasteiger partial charge is 0.387 e. The summed E-state index contributed by atoms with van der Waals surface area (Å²) in [4.78, 5) is 0. The number of halogens is 3. The molecule has 108 valence electrons. The highest BCUT2D eigenvalue weighted by Crippen LogP contribution is 2.20. The molecule has 1 heterocycles. The van der Waals surface area contributed by atoms with Gasteiger partial charge in [0.1, 0.15) is 11.5 Å². The number of furan rings is 1. The summed E-state index contributed by atoms with van der Waals surface area (Å²) < 4.78 is 34.5. The van der Waals surface area contributed by atoms with Gasteiger partial charge in [-0.05, 0) is 52.7 Å². The summed E-state index contributed by atoms with van der Waals surface area (Å²) >= 11 is 3.24. The van der Waals surface area contributed by atoms with Gasteiger partial charge in [0.25, 0.3) is 0 Å². The Morgan fingerprint density at radius 3 is 2.45 bits per heavy atom. The van der Waals surface area contributed by atoms with Crippen molar-refractivity contribution in [2.24, 2.45) is 0 Å². The van der Waals surface area contributed by atoms with Crippen LogP contribution >= 0.6 is 15.9 Å². The third-order valence-electron chi connectivity index (χ3n) is 2.82. The standard InChI is InChI=1S/C14H14BrF2NO2/c1-9(18-8-12-6-7-13(15)19-12)10-2-4-11(5-3-10)20-14(16)17/h2-7,9,14,18H,8H2,1H3. The van der Waals surface area contributed by atoms with Gasteiger partial charge in [-0.15, -0.1) is 0 Å². The van der Waals surface area contributed by atoms with Gasteiger partial charge in [-0.3, -0.25) is 0 Å². The molecule has 2 aromatic rings. The Labute approximate surface area is 124 Å². The number of alkyl halides is 2. The van der Waals surface area contributed by atoms with E-state index in [1.165, 1.54) is 12.1 Å². The SMILES string of the molecule is CC(NCc1ccc(Br)o1)c1ccc(OC(F)F)cc1. The van der Waals surface area contributed by atoms with Crippen molar-refractivity contribution in [1.82, 2.24) is 5.32 Å². The second-order valence-corrected chi connectivity index (χ2v) is 5.04. The van der Waals surface area contributed by atoms with Gasteiger partial charge in [0.15, 0.2) is 4.67 Å². The molecule has 0 amide bonds. The number of ether oxygens (including phenoxy) is 1. The molecular weight excluding hydrogens is 332 g/mol. The summed E-state index contributed by atoms with van der Waals surface area (Å²) in [5.41, 5.74) is 0.984. The van der Waals surface area contributed by atoms with E-state index < -0.39 is 6.61 Å². The third kappa shape index (κ3) is 4.31. The van der Waals surface area contributed by atoms with Crippen LogP contribution in [0.15, 0.2) is 45.5 Å². The number of hydrogen-bond acceptors (Lipinski definition) is 3. The van der Waals surface area contributed by atoms with Crippen molar-refractivity contribution in [3.05, 3.63) is 52.4 Å². The fourth-order valence-corrected chi connectivity index (χ4v) is 2.10. The summed E-state index contributed by atoms with van der Waals surface area (Å²) in [5, 5.41) is 3.29. The van der Waals surface area contributed by atoms with Crippen LogP contribution in [0.2, 0.25) is 0 Å². The lowest BCUT2D eigenvalue weighted by Crippen LogP contribution is -2.17. The lowest BCUT2D eigenvalue weighted by atomic mass is 10.1. The second-order valence-electron chi connectivity index (χ2n) is 4.26. The molecule has 0 bridgehead atoms. The van der Waals surface area contributed by atoms with E-state index in [0.717, 1.165) is 11.3 Å². The molecule has 0 spiro atoms. The molecule has 1 aromatic carbocycles. The maximum Gasteiger partial charge on any atom is 0.387 e. The van der Waals surface area contributed by atoms with Crippen LogP contribution in [0.1, 0.15) is 24.3 Å². The van der Waals surface area contributed by atoms with E-state index in [4.69, 9.17) is 4.42 Å². The fourth-order valence-electron chi connectivity index (χ4n) is 1.76. The molecule has 0 fully saturated rings. The van der Waals surface area contributed by atoms with Crippen LogP contribution in [-0.4, -0.2) is 6.61 Å².